The first kappa shape index (κ1) is 15.3. The lowest BCUT2D eigenvalue weighted by Crippen LogP contribution is -2.23. The molecule has 112 valence electrons. The molecule has 0 amide bonds. The van der Waals surface area contributed by atoms with Crippen LogP contribution in [-0.4, -0.2) is 26.4 Å². The number of ether oxygens (including phenoxy) is 2. The Morgan fingerprint density at radius 2 is 1.95 bits per heavy atom. The number of rotatable bonds is 7. The summed E-state index contributed by atoms with van der Waals surface area (Å²) in [4.78, 5) is 0. The highest BCUT2D eigenvalue weighted by atomic mass is 16.5. The zero-order valence-electron chi connectivity index (χ0n) is 12.7. The van der Waals surface area contributed by atoms with Gasteiger partial charge in [-0.15, -0.1) is 0 Å². The average Bonchev–Trinajstić information content (AvgIpc) is 2.46. The van der Waals surface area contributed by atoms with E-state index in [4.69, 9.17) is 9.47 Å². The number of nitrogens with one attached hydrogen (secondary N) is 1. The van der Waals surface area contributed by atoms with Crippen molar-refractivity contribution in [1.82, 2.24) is 5.32 Å². The van der Waals surface area contributed by atoms with Gasteiger partial charge in [0.1, 0.15) is 12.4 Å². The molecule has 3 nitrogen and oxygen atoms in total. The molecule has 0 saturated heterocycles. The van der Waals surface area contributed by atoms with Gasteiger partial charge < -0.3 is 14.8 Å². The van der Waals surface area contributed by atoms with E-state index in [1.165, 1.54) is 31.2 Å². The molecule has 1 aromatic rings. The first-order valence-electron chi connectivity index (χ1n) is 7.76. The molecule has 1 saturated carbocycles. The molecular formula is C17H27NO2. The Balaban J connectivity index is 1.62. The average molecular weight is 277 g/mol. The second-order valence-electron chi connectivity index (χ2n) is 5.79. The predicted octanol–water partition coefficient (Wildman–Crippen LogP) is 3.38. The van der Waals surface area contributed by atoms with Gasteiger partial charge in [0.15, 0.2) is 0 Å². The van der Waals surface area contributed by atoms with E-state index in [-0.39, 0.29) is 0 Å². The number of benzene rings is 1. The fourth-order valence-corrected chi connectivity index (χ4v) is 2.81. The van der Waals surface area contributed by atoms with Crippen molar-refractivity contribution in [2.45, 2.75) is 45.3 Å². The van der Waals surface area contributed by atoms with Crippen molar-refractivity contribution in [2.75, 3.05) is 20.3 Å². The molecule has 0 aromatic heterocycles. The van der Waals surface area contributed by atoms with Crippen molar-refractivity contribution in [2.24, 2.45) is 5.92 Å². The maximum atomic E-state index is 5.90. The van der Waals surface area contributed by atoms with Crippen molar-refractivity contribution in [3.05, 3.63) is 29.8 Å². The van der Waals surface area contributed by atoms with E-state index < -0.39 is 0 Å². The molecule has 2 rings (SSSR count). The van der Waals surface area contributed by atoms with E-state index in [1.54, 1.807) is 0 Å². The van der Waals surface area contributed by atoms with E-state index in [0.717, 1.165) is 18.2 Å². The van der Waals surface area contributed by atoms with Gasteiger partial charge in [-0.1, -0.05) is 31.9 Å². The van der Waals surface area contributed by atoms with Gasteiger partial charge in [-0.25, -0.2) is 0 Å². The van der Waals surface area contributed by atoms with Crippen molar-refractivity contribution >= 4 is 0 Å². The summed E-state index contributed by atoms with van der Waals surface area (Å²) in [6, 6.07) is 8.23. The summed E-state index contributed by atoms with van der Waals surface area (Å²) < 4.78 is 11.6. The quantitative estimate of drug-likeness (QED) is 0.775. The first-order chi connectivity index (χ1) is 9.78. The Bertz CT molecular complexity index is 377. The van der Waals surface area contributed by atoms with Gasteiger partial charge in [0.2, 0.25) is 0 Å². The third-order valence-corrected chi connectivity index (χ3v) is 3.90. The zero-order chi connectivity index (χ0) is 14.2. The highest BCUT2D eigenvalue weighted by Gasteiger charge is 2.18. The Kier molecular flexibility index (Phi) is 6.34. The molecule has 0 spiro atoms. The van der Waals surface area contributed by atoms with Crippen LogP contribution < -0.4 is 10.1 Å². The molecule has 20 heavy (non-hydrogen) atoms. The molecular weight excluding hydrogens is 250 g/mol. The normalized spacial score (nSPS) is 22.7. The maximum Gasteiger partial charge on any atom is 0.119 e. The molecule has 1 aliphatic rings. The van der Waals surface area contributed by atoms with Crippen molar-refractivity contribution in [1.29, 1.82) is 0 Å². The summed E-state index contributed by atoms with van der Waals surface area (Å²) in [6.45, 7) is 4.54. The monoisotopic (exact) mass is 277 g/mol. The van der Waals surface area contributed by atoms with Crippen LogP contribution in [0, 0.1) is 5.92 Å². The first-order valence-corrected chi connectivity index (χ1v) is 7.76. The summed E-state index contributed by atoms with van der Waals surface area (Å²) in [5.41, 5.74) is 1.27. The lowest BCUT2D eigenvalue weighted by atomic mass is 9.89. The number of hydrogen-bond acceptors (Lipinski definition) is 3. The topological polar surface area (TPSA) is 30.5 Å². The molecule has 0 bridgehead atoms. The van der Waals surface area contributed by atoms with Crippen LogP contribution in [0.3, 0.4) is 0 Å². The Hall–Kier alpha value is -1.06. The second-order valence-corrected chi connectivity index (χ2v) is 5.79. The van der Waals surface area contributed by atoms with Crippen LogP contribution in [0.1, 0.15) is 38.2 Å². The smallest absolute Gasteiger partial charge is 0.119 e. The summed E-state index contributed by atoms with van der Waals surface area (Å²) >= 11 is 0. The van der Waals surface area contributed by atoms with Gasteiger partial charge in [0.05, 0.1) is 12.7 Å². The fourth-order valence-electron chi connectivity index (χ4n) is 2.81. The van der Waals surface area contributed by atoms with E-state index in [2.05, 4.69) is 24.4 Å². The van der Waals surface area contributed by atoms with Crippen molar-refractivity contribution < 1.29 is 9.47 Å². The van der Waals surface area contributed by atoms with Crippen LogP contribution >= 0.6 is 0 Å². The van der Waals surface area contributed by atoms with E-state index in [1.807, 2.05) is 19.2 Å². The van der Waals surface area contributed by atoms with Crippen LogP contribution in [-0.2, 0) is 11.3 Å². The third kappa shape index (κ3) is 5.14. The minimum absolute atomic E-state index is 0.445. The van der Waals surface area contributed by atoms with Crippen LogP contribution in [0.2, 0.25) is 0 Å². The van der Waals surface area contributed by atoms with Gasteiger partial charge in [0, 0.05) is 6.54 Å². The second kappa shape index (κ2) is 8.28. The van der Waals surface area contributed by atoms with Crippen LogP contribution in [0.15, 0.2) is 24.3 Å². The van der Waals surface area contributed by atoms with Crippen molar-refractivity contribution in [3.8, 4) is 5.75 Å². The molecule has 1 aliphatic carbocycles. The van der Waals surface area contributed by atoms with Crippen LogP contribution in [0.4, 0.5) is 0 Å². The van der Waals surface area contributed by atoms with Crippen LogP contribution in [0.25, 0.3) is 0 Å². The highest BCUT2D eigenvalue weighted by Crippen LogP contribution is 2.25. The minimum Gasteiger partial charge on any atom is -0.491 e. The van der Waals surface area contributed by atoms with E-state index in [0.29, 0.717) is 19.3 Å². The number of hydrogen-bond donors (Lipinski definition) is 1. The zero-order valence-corrected chi connectivity index (χ0v) is 12.7. The molecule has 3 heteroatoms. The summed E-state index contributed by atoms with van der Waals surface area (Å²) in [5, 5.41) is 3.13. The Morgan fingerprint density at radius 3 is 2.65 bits per heavy atom. The lowest BCUT2D eigenvalue weighted by molar-refractivity contribution is 0.00196. The summed E-state index contributed by atoms with van der Waals surface area (Å²) in [6.07, 6.45) is 5.52. The van der Waals surface area contributed by atoms with Gasteiger partial charge in [-0.3, -0.25) is 0 Å². The summed E-state index contributed by atoms with van der Waals surface area (Å²) in [5.74, 6) is 1.74. The summed E-state index contributed by atoms with van der Waals surface area (Å²) in [7, 11) is 1.95. The predicted molar refractivity (Wildman–Crippen MR) is 82.1 cm³/mol. The fraction of sp³-hybridized carbons (Fsp3) is 0.647. The Labute approximate surface area is 122 Å². The molecule has 0 heterocycles. The Morgan fingerprint density at radius 1 is 1.15 bits per heavy atom. The van der Waals surface area contributed by atoms with E-state index >= 15 is 0 Å². The molecule has 0 radical (unpaired) electrons. The van der Waals surface area contributed by atoms with Crippen molar-refractivity contribution in [3.63, 3.8) is 0 Å². The molecule has 1 N–H and O–H groups in total. The molecule has 2 unspecified atom stereocenters. The van der Waals surface area contributed by atoms with Crippen LogP contribution in [0.5, 0.6) is 5.75 Å². The third-order valence-electron chi connectivity index (χ3n) is 3.90. The molecule has 1 aromatic carbocycles. The van der Waals surface area contributed by atoms with E-state index in [9.17, 15) is 0 Å². The van der Waals surface area contributed by atoms with Gasteiger partial charge in [0.25, 0.3) is 0 Å². The SMILES string of the molecule is CNCc1ccc(OCCOC2CCCC(C)C2)cc1. The maximum absolute atomic E-state index is 5.90. The van der Waals surface area contributed by atoms with Gasteiger partial charge in [-0.2, -0.15) is 0 Å². The van der Waals surface area contributed by atoms with Gasteiger partial charge in [-0.05, 0) is 43.5 Å². The molecule has 0 aliphatic heterocycles. The highest BCUT2D eigenvalue weighted by molar-refractivity contribution is 5.27. The lowest BCUT2D eigenvalue weighted by Gasteiger charge is -2.26. The van der Waals surface area contributed by atoms with Gasteiger partial charge >= 0.3 is 0 Å². The largest absolute Gasteiger partial charge is 0.491 e. The standard InChI is InChI=1S/C17H27NO2/c1-14-4-3-5-17(12-14)20-11-10-19-16-8-6-15(7-9-16)13-18-2/h6-9,14,17-18H,3-5,10-13H2,1-2H3. The minimum atomic E-state index is 0.445. The molecule has 2 atom stereocenters. The molecule has 1 fully saturated rings.